The third-order valence-electron chi connectivity index (χ3n) is 4.10. The van der Waals surface area contributed by atoms with Gasteiger partial charge in [-0.3, -0.25) is 9.59 Å². The molecule has 146 valence electrons. The van der Waals surface area contributed by atoms with Gasteiger partial charge in [0.25, 0.3) is 0 Å². The molecule has 0 radical (unpaired) electrons. The van der Waals surface area contributed by atoms with Crippen LogP contribution in [0.15, 0.2) is 46.2 Å². The number of hydrogen-bond donors (Lipinski definition) is 2. The number of nitrogens with one attached hydrogen (secondary N) is 2. The van der Waals surface area contributed by atoms with E-state index < -0.39 is 0 Å². The Morgan fingerprint density at radius 3 is 2.54 bits per heavy atom. The first kappa shape index (κ1) is 19.7. The normalized spacial score (nSPS) is 10.7. The van der Waals surface area contributed by atoms with Crippen LogP contribution in [-0.2, 0) is 16.6 Å². The molecule has 0 fully saturated rings. The first-order valence-corrected chi connectivity index (χ1v) is 9.63. The Balaban J connectivity index is 1.48. The van der Waals surface area contributed by atoms with E-state index in [4.69, 9.17) is 4.42 Å². The Hall–Kier alpha value is -3.07. The molecule has 3 aromatic rings. The number of nitrogens with zero attached hydrogens (tertiary/aromatic N) is 3. The van der Waals surface area contributed by atoms with Crippen molar-refractivity contribution in [3.05, 3.63) is 47.7 Å². The van der Waals surface area contributed by atoms with Crippen molar-refractivity contribution in [3.8, 4) is 11.6 Å². The molecule has 0 saturated carbocycles. The van der Waals surface area contributed by atoms with Crippen LogP contribution in [0.25, 0.3) is 11.6 Å². The summed E-state index contributed by atoms with van der Waals surface area (Å²) in [6.45, 7) is 3.76. The predicted octanol–water partition coefficient (Wildman–Crippen LogP) is 2.54. The smallest absolute Gasteiger partial charge is 0.243 e. The summed E-state index contributed by atoms with van der Waals surface area (Å²) < 4.78 is 7.07. The highest BCUT2D eigenvalue weighted by molar-refractivity contribution is 7.99. The van der Waals surface area contributed by atoms with Gasteiger partial charge in [-0.2, -0.15) is 0 Å². The lowest BCUT2D eigenvalue weighted by molar-refractivity contribution is -0.122. The number of para-hydroxylation sites is 1. The molecule has 8 nitrogen and oxygen atoms in total. The quantitative estimate of drug-likeness (QED) is 0.592. The van der Waals surface area contributed by atoms with Crippen LogP contribution in [0.2, 0.25) is 0 Å². The molecule has 9 heteroatoms. The van der Waals surface area contributed by atoms with E-state index in [1.807, 2.05) is 32.0 Å². The number of furan rings is 1. The van der Waals surface area contributed by atoms with Gasteiger partial charge in [0.2, 0.25) is 11.8 Å². The zero-order chi connectivity index (χ0) is 20.1. The number of aromatic nitrogens is 3. The largest absolute Gasteiger partial charge is 0.461 e. The Kier molecular flexibility index (Phi) is 6.15. The monoisotopic (exact) mass is 399 g/mol. The maximum absolute atomic E-state index is 12.1. The number of aryl methyl sites for hydroxylation is 2. The van der Waals surface area contributed by atoms with E-state index in [2.05, 4.69) is 20.8 Å². The van der Waals surface area contributed by atoms with E-state index in [1.54, 1.807) is 30.0 Å². The fourth-order valence-corrected chi connectivity index (χ4v) is 3.36. The Morgan fingerprint density at radius 2 is 1.86 bits per heavy atom. The Morgan fingerprint density at radius 1 is 1.11 bits per heavy atom. The van der Waals surface area contributed by atoms with E-state index in [9.17, 15) is 9.59 Å². The molecule has 2 aromatic heterocycles. The van der Waals surface area contributed by atoms with E-state index in [1.165, 1.54) is 11.8 Å². The van der Waals surface area contributed by atoms with E-state index in [-0.39, 0.29) is 24.1 Å². The van der Waals surface area contributed by atoms with Crippen molar-refractivity contribution in [3.63, 3.8) is 0 Å². The molecule has 28 heavy (non-hydrogen) atoms. The molecule has 0 atom stereocenters. The first-order chi connectivity index (χ1) is 13.5. The number of benzene rings is 1. The van der Waals surface area contributed by atoms with Crippen molar-refractivity contribution < 1.29 is 14.0 Å². The molecular formula is C19H21N5O3S. The van der Waals surface area contributed by atoms with Crippen molar-refractivity contribution in [2.45, 2.75) is 19.0 Å². The van der Waals surface area contributed by atoms with Crippen molar-refractivity contribution in [2.75, 3.05) is 17.6 Å². The number of amides is 2. The van der Waals surface area contributed by atoms with Gasteiger partial charge in [-0.25, -0.2) is 0 Å². The Labute approximate surface area is 166 Å². The zero-order valence-electron chi connectivity index (χ0n) is 15.9. The number of rotatable bonds is 7. The average Bonchev–Trinajstić information content (AvgIpc) is 3.31. The number of hydrogen-bond acceptors (Lipinski definition) is 6. The van der Waals surface area contributed by atoms with Crippen LogP contribution in [0.4, 0.5) is 5.69 Å². The minimum atomic E-state index is -0.269. The predicted molar refractivity (Wildman–Crippen MR) is 107 cm³/mol. The summed E-state index contributed by atoms with van der Waals surface area (Å²) in [5, 5.41) is 14.2. The van der Waals surface area contributed by atoms with E-state index in [0.717, 1.165) is 16.8 Å². The SMILES string of the molecule is Cc1cccc(C)c1NC(=O)CNC(=O)CSc1nnc(-c2ccco2)n1C. The number of carbonyl (C=O) groups excluding carboxylic acids is 2. The maximum atomic E-state index is 12.1. The third-order valence-corrected chi connectivity index (χ3v) is 5.12. The fraction of sp³-hybridized carbons (Fsp3) is 0.263. The van der Waals surface area contributed by atoms with Crippen molar-refractivity contribution >= 4 is 29.3 Å². The molecule has 0 unspecified atom stereocenters. The van der Waals surface area contributed by atoms with Crippen LogP contribution in [0, 0.1) is 13.8 Å². The summed E-state index contributed by atoms with van der Waals surface area (Å²) in [6.07, 6.45) is 1.56. The van der Waals surface area contributed by atoms with E-state index >= 15 is 0 Å². The van der Waals surface area contributed by atoms with Gasteiger partial charge in [0.05, 0.1) is 18.6 Å². The molecule has 2 heterocycles. The third kappa shape index (κ3) is 4.61. The number of thioether (sulfide) groups is 1. The van der Waals surface area contributed by atoms with Crippen molar-refractivity contribution in [2.24, 2.45) is 7.05 Å². The molecule has 2 amide bonds. The molecule has 2 N–H and O–H groups in total. The van der Waals surface area contributed by atoms with Crippen LogP contribution >= 0.6 is 11.8 Å². The van der Waals surface area contributed by atoms with Crippen LogP contribution in [0.1, 0.15) is 11.1 Å². The van der Waals surface area contributed by atoms with Gasteiger partial charge >= 0.3 is 0 Å². The van der Waals surface area contributed by atoms with Gasteiger partial charge in [0, 0.05) is 12.7 Å². The van der Waals surface area contributed by atoms with Crippen molar-refractivity contribution in [1.29, 1.82) is 0 Å². The topological polar surface area (TPSA) is 102 Å². The molecule has 0 bridgehead atoms. The number of anilines is 1. The van der Waals surface area contributed by atoms with Crippen LogP contribution < -0.4 is 10.6 Å². The molecular weight excluding hydrogens is 378 g/mol. The van der Waals surface area contributed by atoms with Gasteiger partial charge in [0.15, 0.2) is 16.7 Å². The highest BCUT2D eigenvalue weighted by Gasteiger charge is 2.15. The lowest BCUT2D eigenvalue weighted by Crippen LogP contribution is -2.34. The highest BCUT2D eigenvalue weighted by Crippen LogP contribution is 2.22. The van der Waals surface area contributed by atoms with Crippen molar-refractivity contribution in [1.82, 2.24) is 20.1 Å². The maximum Gasteiger partial charge on any atom is 0.243 e. The molecule has 3 rings (SSSR count). The second kappa shape index (κ2) is 8.75. The first-order valence-electron chi connectivity index (χ1n) is 8.64. The summed E-state index contributed by atoms with van der Waals surface area (Å²) >= 11 is 1.24. The summed E-state index contributed by atoms with van der Waals surface area (Å²) in [6, 6.07) is 9.35. The highest BCUT2D eigenvalue weighted by atomic mass is 32.2. The van der Waals surface area contributed by atoms with Gasteiger partial charge < -0.3 is 19.6 Å². The summed E-state index contributed by atoms with van der Waals surface area (Å²) in [5.41, 5.74) is 2.73. The zero-order valence-corrected chi connectivity index (χ0v) is 16.7. The Bertz CT molecular complexity index is 961. The fourth-order valence-electron chi connectivity index (χ4n) is 2.62. The second-order valence-electron chi connectivity index (χ2n) is 6.22. The lowest BCUT2D eigenvalue weighted by atomic mass is 10.1. The van der Waals surface area contributed by atoms with Crippen LogP contribution in [0.5, 0.6) is 0 Å². The summed E-state index contributed by atoms with van der Waals surface area (Å²) in [5.74, 6) is 0.787. The summed E-state index contributed by atoms with van der Waals surface area (Å²) in [4.78, 5) is 24.2. The lowest BCUT2D eigenvalue weighted by Gasteiger charge is -2.11. The van der Waals surface area contributed by atoms with Crippen LogP contribution in [-0.4, -0.2) is 38.9 Å². The molecule has 0 saturated heterocycles. The molecule has 0 aliphatic rings. The van der Waals surface area contributed by atoms with Gasteiger partial charge in [-0.1, -0.05) is 30.0 Å². The standard InChI is InChI=1S/C19H21N5O3S/c1-12-6-4-7-13(2)17(12)21-15(25)10-20-16(26)11-28-19-23-22-18(24(19)3)14-8-5-9-27-14/h4-9H,10-11H2,1-3H3,(H,20,26)(H,21,25). The van der Waals surface area contributed by atoms with E-state index in [0.29, 0.717) is 16.7 Å². The van der Waals surface area contributed by atoms with Crippen LogP contribution in [0.3, 0.4) is 0 Å². The average molecular weight is 399 g/mol. The van der Waals surface area contributed by atoms with Gasteiger partial charge in [-0.15, -0.1) is 10.2 Å². The molecule has 0 spiro atoms. The summed E-state index contributed by atoms with van der Waals surface area (Å²) in [7, 11) is 1.80. The molecule has 0 aliphatic heterocycles. The van der Waals surface area contributed by atoms with Gasteiger partial charge in [0.1, 0.15) is 0 Å². The van der Waals surface area contributed by atoms with Gasteiger partial charge in [-0.05, 0) is 37.1 Å². The number of carbonyl (C=O) groups is 2. The molecule has 1 aromatic carbocycles. The second-order valence-corrected chi connectivity index (χ2v) is 7.17. The molecule has 0 aliphatic carbocycles. The minimum absolute atomic E-state index is 0.0936. The minimum Gasteiger partial charge on any atom is -0.461 e.